The zero-order valence-electron chi connectivity index (χ0n) is 20.4. The van der Waals surface area contributed by atoms with Crippen LogP contribution in [0.25, 0.3) is 11.1 Å². The van der Waals surface area contributed by atoms with Gasteiger partial charge in [-0.05, 0) is 34.9 Å². The number of ether oxygens (including phenoxy) is 3. The molecule has 0 radical (unpaired) electrons. The first-order chi connectivity index (χ1) is 18.0. The summed E-state index contributed by atoms with van der Waals surface area (Å²) in [6, 6.07) is 13.0. The van der Waals surface area contributed by atoms with Gasteiger partial charge in [0.2, 0.25) is 0 Å². The third kappa shape index (κ3) is 5.78. The summed E-state index contributed by atoms with van der Waals surface area (Å²) in [4.78, 5) is 0.163. The second-order valence-electron chi connectivity index (χ2n) is 9.48. The molecule has 2 fully saturated rings. The standard InChI is InChI=1S/C25H32O12S/c1-38(33,34)15-7-5-12(6-8-15)13-3-2-4-14(9-13)23-22(32)24(19(29)17(11-27)35-23)37-25-21(31)20(30)18(28)16(10-26)36-25/h2-9,16-32H,10-11H2,1H3/t16-,17-,18-,19+,20+,21+,22+,23-,24+,25-/m1/s1. The molecule has 0 saturated carbocycles. The minimum atomic E-state index is -3.37. The van der Waals surface area contributed by atoms with Gasteiger partial charge in [-0.1, -0.05) is 30.3 Å². The van der Waals surface area contributed by atoms with Gasteiger partial charge < -0.3 is 50.0 Å². The van der Waals surface area contributed by atoms with Gasteiger partial charge in [0.05, 0.1) is 18.1 Å². The predicted octanol–water partition coefficient (Wildman–Crippen LogP) is -1.90. The van der Waals surface area contributed by atoms with Crippen LogP contribution in [0.3, 0.4) is 0 Å². The average Bonchev–Trinajstić information content (AvgIpc) is 2.90. The Labute approximate surface area is 219 Å². The second-order valence-corrected chi connectivity index (χ2v) is 11.5. The van der Waals surface area contributed by atoms with E-state index in [0.717, 1.165) is 6.26 Å². The molecule has 7 N–H and O–H groups in total. The van der Waals surface area contributed by atoms with Crippen molar-refractivity contribution in [2.45, 2.75) is 66.1 Å². The van der Waals surface area contributed by atoms with Gasteiger partial charge in [-0.15, -0.1) is 0 Å². The highest BCUT2D eigenvalue weighted by Gasteiger charge is 2.50. The highest BCUT2D eigenvalue weighted by atomic mass is 32.2. The SMILES string of the molecule is CS(=O)(=O)c1ccc(-c2cccc([C@H]3O[C@H](CO)[C@H](O)[C@H](O[C@H]4O[C@H](CO)[C@@H](O)[C@H](O)[C@@H]4O)[C@H]3O)c2)cc1. The molecule has 0 bridgehead atoms. The smallest absolute Gasteiger partial charge is 0.187 e. The molecule has 4 rings (SSSR count). The largest absolute Gasteiger partial charge is 0.394 e. The summed E-state index contributed by atoms with van der Waals surface area (Å²) in [6.07, 6.45) is -13.8. The van der Waals surface area contributed by atoms with Gasteiger partial charge >= 0.3 is 0 Å². The van der Waals surface area contributed by atoms with Gasteiger partial charge in [0.1, 0.15) is 54.9 Å². The van der Waals surface area contributed by atoms with E-state index in [2.05, 4.69) is 0 Å². The third-order valence-corrected chi connectivity index (χ3v) is 7.96. The van der Waals surface area contributed by atoms with E-state index in [1.165, 1.54) is 12.1 Å². The molecule has 0 unspecified atom stereocenters. The third-order valence-electron chi connectivity index (χ3n) is 6.84. The minimum Gasteiger partial charge on any atom is -0.394 e. The zero-order valence-corrected chi connectivity index (χ0v) is 21.2. The van der Waals surface area contributed by atoms with Gasteiger partial charge in [-0.2, -0.15) is 0 Å². The molecule has 0 spiro atoms. The lowest BCUT2D eigenvalue weighted by molar-refractivity contribution is -0.342. The molecule has 12 nitrogen and oxygen atoms in total. The van der Waals surface area contributed by atoms with Crippen molar-refractivity contribution >= 4 is 9.84 Å². The van der Waals surface area contributed by atoms with Crippen molar-refractivity contribution in [2.24, 2.45) is 0 Å². The molecule has 0 amide bonds. The summed E-state index contributed by atoms with van der Waals surface area (Å²) in [7, 11) is -3.37. The number of sulfone groups is 1. The first kappa shape index (κ1) is 29.0. The maximum absolute atomic E-state index is 11.8. The molecule has 2 aliphatic rings. The molecule has 0 aromatic heterocycles. The molecule has 210 valence electrons. The Morgan fingerprint density at radius 1 is 0.763 bits per heavy atom. The molecular formula is C25H32O12S. The van der Waals surface area contributed by atoms with Crippen molar-refractivity contribution in [1.82, 2.24) is 0 Å². The predicted molar refractivity (Wildman–Crippen MR) is 130 cm³/mol. The number of benzene rings is 2. The lowest BCUT2D eigenvalue weighted by Crippen LogP contribution is -2.63. The van der Waals surface area contributed by atoms with Crippen molar-refractivity contribution in [1.29, 1.82) is 0 Å². The number of aliphatic hydroxyl groups is 7. The van der Waals surface area contributed by atoms with Crippen LogP contribution in [0.1, 0.15) is 11.7 Å². The molecule has 10 atom stereocenters. The maximum Gasteiger partial charge on any atom is 0.187 e. The molecule has 2 heterocycles. The lowest BCUT2D eigenvalue weighted by atomic mass is 9.89. The van der Waals surface area contributed by atoms with Gasteiger partial charge in [-0.25, -0.2) is 8.42 Å². The van der Waals surface area contributed by atoms with E-state index in [1.54, 1.807) is 36.4 Å². The molecule has 38 heavy (non-hydrogen) atoms. The molecule has 2 aromatic rings. The average molecular weight is 557 g/mol. The highest BCUT2D eigenvalue weighted by molar-refractivity contribution is 7.90. The Bertz CT molecular complexity index is 1190. The zero-order chi connectivity index (χ0) is 27.8. The summed E-state index contributed by atoms with van der Waals surface area (Å²) in [5.41, 5.74) is 1.82. The second kappa shape index (κ2) is 11.6. The van der Waals surface area contributed by atoms with Crippen LogP contribution >= 0.6 is 0 Å². The van der Waals surface area contributed by atoms with Crippen LogP contribution in [0.2, 0.25) is 0 Å². The molecule has 0 aliphatic carbocycles. The van der Waals surface area contributed by atoms with Crippen LogP contribution in [-0.2, 0) is 24.0 Å². The van der Waals surface area contributed by atoms with E-state index in [-0.39, 0.29) is 4.90 Å². The number of hydrogen-bond acceptors (Lipinski definition) is 12. The molecular weight excluding hydrogens is 524 g/mol. The van der Waals surface area contributed by atoms with Gasteiger partial charge in [0.25, 0.3) is 0 Å². The molecule has 2 aliphatic heterocycles. The summed E-state index contributed by atoms with van der Waals surface area (Å²) < 4.78 is 40.3. The van der Waals surface area contributed by atoms with Crippen LogP contribution in [0.15, 0.2) is 53.4 Å². The van der Waals surface area contributed by atoms with Crippen molar-refractivity contribution in [3.63, 3.8) is 0 Å². The van der Waals surface area contributed by atoms with E-state index >= 15 is 0 Å². The van der Waals surface area contributed by atoms with Gasteiger partial charge in [-0.3, -0.25) is 0 Å². The van der Waals surface area contributed by atoms with Crippen molar-refractivity contribution in [2.75, 3.05) is 19.5 Å². The lowest BCUT2D eigenvalue weighted by Gasteiger charge is -2.46. The van der Waals surface area contributed by atoms with E-state index in [4.69, 9.17) is 14.2 Å². The van der Waals surface area contributed by atoms with Gasteiger partial charge in [0, 0.05) is 6.26 Å². The van der Waals surface area contributed by atoms with E-state index < -0.39 is 84.3 Å². The van der Waals surface area contributed by atoms with E-state index in [0.29, 0.717) is 16.7 Å². The fourth-order valence-electron chi connectivity index (χ4n) is 4.65. The Kier molecular flexibility index (Phi) is 8.86. The highest BCUT2D eigenvalue weighted by Crippen LogP contribution is 2.37. The fourth-order valence-corrected chi connectivity index (χ4v) is 5.28. The van der Waals surface area contributed by atoms with Crippen LogP contribution in [-0.4, -0.2) is 119 Å². The Balaban J connectivity index is 1.60. The van der Waals surface area contributed by atoms with Crippen molar-refractivity contribution in [3.8, 4) is 11.1 Å². The van der Waals surface area contributed by atoms with Crippen LogP contribution in [0.4, 0.5) is 0 Å². The van der Waals surface area contributed by atoms with E-state index in [1.807, 2.05) is 0 Å². The summed E-state index contributed by atoms with van der Waals surface area (Å²) in [6.45, 7) is -1.32. The minimum absolute atomic E-state index is 0.163. The van der Waals surface area contributed by atoms with Crippen molar-refractivity contribution in [3.05, 3.63) is 54.1 Å². The van der Waals surface area contributed by atoms with Crippen LogP contribution in [0, 0.1) is 0 Å². The molecule has 2 saturated heterocycles. The summed E-state index contributed by atoms with van der Waals surface area (Å²) >= 11 is 0. The fraction of sp³-hybridized carbons (Fsp3) is 0.520. The van der Waals surface area contributed by atoms with Crippen LogP contribution < -0.4 is 0 Å². The Morgan fingerprint density at radius 3 is 2.00 bits per heavy atom. The molecule has 2 aromatic carbocycles. The monoisotopic (exact) mass is 556 g/mol. The van der Waals surface area contributed by atoms with Crippen LogP contribution in [0.5, 0.6) is 0 Å². The number of hydrogen-bond donors (Lipinski definition) is 7. The Morgan fingerprint density at radius 2 is 1.39 bits per heavy atom. The Hall–Kier alpha value is -2.01. The topological polar surface area (TPSA) is 203 Å². The number of rotatable bonds is 7. The quantitative estimate of drug-likeness (QED) is 0.200. The summed E-state index contributed by atoms with van der Waals surface area (Å²) in [5, 5.41) is 71.5. The van der Waals surface area contributed by atoms with Crippen molar-refractivity contribution < 1.29 is 58.4 Å². The van der Waals surface area contributed by atoms with E-state index in [9.17, 15) is 44.2 Å². The first-order valence-electron chi connectivity index (χ1n) is 11.9. The first-order valence-corrected chi connectivity index (χ1v) is 13.8. The maximum atomic E-state index is 11.8. The summed E-state index contributed by atoms with van der Waals surface area (Å²) in [5.74, 6) is 0. The van der Waals surface area contributed by atoms with Gasteiger partial charge in [0.15, 0.2) is 16.1 Å². The normalized spacial score (nSPS) is 36.2. The molecule has 13 heteroatoms. The number of aliphatic hydroxyl groups excluding tert-OH is 7.